The number of hydrogen-bond donors (Lipinski definition) is 1. The maximum Gasteiger partial charge on any atom is 0.203 e. The van der Waals surface area contributed by atoms with Gasteiger partial charge >= 0.3 is 0 Å². The molecule has 6 heteroatoms. The van der Waals surface area contributed by atoms with Gasteiger partial charge in [0.2, 0.25) is 14.3 Å². The molecule has 1 fully saturated rings. The molecular formula is C3H4B2N2O2. The summed E-state index contributed by atoms with van der Waals surface area (Å²) in [5.41, 5.74) is 2.44. The number of hydrazine groups is 1. The molecule has 0 aromatic carbocycles. The molecule has 0 spiro atoms. The van der Waals surface area contributed by atoms with Crippen LogP contribution in [0.1, 0.15) is 0 Å². The lowest BCUT2D eigenvalue weighted by molar-refractivity contribution is 0.202. The van der Waals surface area contributed by atoms with E-state index in [9.17, 15) is 9.59 Å². The van der Waals surface area contributed by atoms with Crippen LogP contribution in [0.15, 0.2) is 0 Å². The normalized spacial score (nSPS) is 17.7. The molecule has 1 aliphatic rings. The zero-order valence-corrected chi connectivity index (χ0v) is 4.92. The minimum absolute atomic E-state index is 0.317. The molecule has 0 aromatic heterocycles. The predicted molar refractivity (Wildman–Crippen MR) is 33.2 cm³/mol. The van der Waals surface area contributed by atoms with Crippen LogP contribution in [0.25, 0.3) is 0 Å². The molecule has 1 N–H and O–H groups in total. The summed E-state index contributed by atoms with van der Waals surface area (Å²) < 4.78 is 0. The first-order valence-corrected chi connectivity index (χ1v) is 2.49. The van der Waals surface area contributed by atoms with Gasteiger partial charge in [-0.05, 0) is 0 Å². The van der Waals surface area contributed by atoms with Gasteiger partial charge in [-0.1, -0.05) is 0 Å². The summed E-state index contributed by atoms with van der Waals surface area (Å²) in [4.78, 5) is 21.1. The van der Waals surface area contributed by atoms with Crippen LogP contribution in [0.2, 0.25) is 0 Å². The first kappa shape index (κ1) is 6.35. The predicted octanol–water partition coefficient (Wildman–Crippen LogP) is -1.00. The zero-order valence-electron chi connectivity index (χ0n) is 4.92. The highest BCUT2D eigenvalue weighted by Gasteiger charge is 2.29. The Hall–Kier alpha value is -0.770. The Morgan fingerprint density at radius 1 is 1.33 bits per heavy atom. The van der Waals surface area contributed by atoms with Gasteiger partial charge in [0, 0.05) is 7.05 Å². The van der Waals surface area contributed by atoms with Crippen LogP contribution in [0.4, 0.5) is 9.59 Å². The van der Waals surface area contributed by atoms with Crippen molar-refractivity contribution in [3.8, 4) is 0 Å². The quantitative estimate of drug-likeness (QED) is 0.453. The van der Waals surface area contributed by atoms with E-state index in [-0.39, 0.29) is 11.6 Å². The van der Waals surface area contributed by atoms with E-state index in [0.29, 0.717) is 0 Å². The minimum atomic E-state index is -0.317. The fourth-order valence-corrected chi connectivity index (χ4v) is 0.621. The zero-order chi connectivity index (χ0) is 6.85. The van der Waals surface area contributed by atoms with Crippen LogP contribution >= 0.6 is 0 Å². The first-order chi connectivity index (χ1) is 4.25. The number of rotatable bonds is 1. The molecule has 0 saturated carbocycles. The van der Waals surface area contributed by atoms with Crippen molar-refractivity contribution in [1.82, 2.24) is 10.4 Å². The number of carbonyl (C=O) groups excluding carboxylic acids is 2. The molecule has 2 amide bonds. The van der Waals surface area contributed by atoms with E-state index in [4.69, 9.17) is 0 Å². The van der Waals surface area contributed by atoms with E-state index in [1.54, 1.807) is 0 Å². The molecule has 1 rings (SSSR count). The van der Waals surface area contributed by atoms with Gasteiger partial charge < -0.3 is 0 Å². The summed E-state index contributed by atoms with van der Waals surface area (Å²) in [6, 6.07) is 0. The summed E-state index contributed by atoms with van der Waals surface area (Å²) in [5, 5.41) is 0.931. The van der Waals surface area contributed by atoms with Crippen molar-refractivity contribution in [2.75, 3.05) is 7.05 Å². The second-order valence-electron chi connectivity index (χ2n) is 1.57. The standard InChI is InChI=1S/C3H4B2N2O2/c1-6-7-2(8)4-5-3(7)9/h6H,1H3. The number of hydrogen-bond acceptors (Lipinski definition) is 3. The second kappa shape index (κ2) is 2.23. The van der Waals surface area contributed by atoms with Crippen molar-refractivity contribution >= 4 is 26.0 Å². The number of imide groups is 1. The highest BCUT2D eigenvalue weighted by atomic mass is 16.2. The topological polar surface area (TPSA) is 49.4 Å². The summed E-state index contributed by atoms with van der Waals surface area (Å²) in [6.45, 7) is 0. The van der Waals surface area contributed by atoms with Crippen LogP contribution in [0.3, 0.4) is 0 Å². The summed E-state index contributed by atoms with van der Waals surface area (Å²) in [6.07, 6.45) is 0. The van der Waals surface area contributed by atoms with Gasteiger partial charge in [0.1, 0.15) is 0 Å². The van der Waals surface area contributed by atoms with Crippen molar-refractivity contribution in [3.63, 3.8) is 0 Å². The number of carbonyl (C=O) groups is 2. The number of amides is 2. The summed E-state index contributed by atoms with van der Waals surface area (Å²) >= 11 is 0. The lowest BCUT2D eigenvalue weighted by Crippen LogP contribution is -2.39. The van der Waals surface area contributed by atoms with Crippen LogP contribution < -0.4 is 5.43 Å². The Bertz CT molecular complexity index is 144. The van der Waals surface area contributed by atoms with E-state index in [2.05, 4.69) is 5.43 Å². The summed E-state index contributed by atoms with van der Waals surface area (Å²) in [7, 11) is 3.96. The van der Waals surface area contributed by atoms with Crippen molar-refractivity contribution in [3.05, 3.63) is 0 Å². The lowest BCUT2D eigenvalue weighted by atomic mass is 9.42. The van der Waals surface area contributed by atoms with E-state index in [0.717, 1.165) is 5.01 Å². The van der Waals surface area contributed by atoms with Crippen LogP contribution in [-0.4, -0.2) is 38.0 Å². The third kappa shape index (κ3) is 0.977. The largest absolute Gasteiger partial charge is 0.287 e. The Labute approximate surface area is 54.0 Å². The fraction of sp³-hybridized carbons (Fsp3) is 0.333. The minimum Gasteiger partial charge on any atom is -0.287 e. The lowest BCUT2D eigenvalue weighted by Gasteiger charge is -2.11. The Kier molecular flexibility index (Phi) is 1.57. The van der Waals surface area contributed by atoms with Crippen molar-refractivity contribution in [2.45, 2.75) is 0 Å². The third-order valence-electron chi connectivity index (χ3n) is 1.03. The highest BCUT2D eigenvalue weighted by Crippen LogP contribution is 1.94. The molecular weight excluding hydrogens is 118 g/mol. The van der Waals surface area contributed by atoms with Gasteiger partial charge in [0.25, 0.3) is 0 Å². The average Bonchev–Trinajstić information content (AvgIpc) is 2.12. The van der Waals surface area contributed by atoms with Crippen molar-refractivity contribution in [1.29, 1.82) is 0 Å². The van der Waals surface area contributed by atoms with Gasteiger partial charge in [-0.3, -0.25) is 9.59 Å². The Morgan fingerprint density at radius 2 is 1.78 bits per heavy atom. The van der Waals surface area contributed by atoms with Crippen molar-refractivity contribution in [2.24, 2.45) is 0 Å². The van der Waals surface area contributed by atoms with Crippen LogP contribution in [0.5, 0.6) is 0 Å². The van der Waals surface area contributed by atoms with E-state index < -0.39 is 0 Å². The molecule has 4 nitrogen and oxygen atoms in total. The van der Waals surface area contributed by atoms with Crippen LogP contribution in [0, 0.1) is 0 Å². The van der Waals surface area contributed by atoms with E-state index in [1.165, 1.54) is 21.4 Å². The van der Waals surface area contributed by atoms with Crippen molar-refractivity contribution < 1.29 is 9.59 Å². The first-order valence-electron chi connectivity index (χ1n) is 2.49. The van der Waals surface area contributed by atoms with Gasteiger partial charge in [0.15, 0.2) is 11.6 Å². The fourth-order valence-electron chi connectivity index (χ4n) is 0.621. The molecule has 0 aromatic rings. The van der Waals surface area contributed by atoms with Gasteiger partial charge in [-0.15, -0.1) is 0 Å². The molecule has 1 saturated heterocycles. The van der Waals surface area contributed by atoms with Crippen LogP contribution in [-0.2, 0) is 0 Å². The molecule has 0 aliphatic carbocycles. The number of nitrogens with one attached hydrogen (secondary N) is 1. The second-order valence-corrected chi connectivity index (χ2v) is 1.57. The molecule has 0 unspecified atom stereocenters. The monoisotopic (exact) mass is 122 g/mol. The molecule has 0 bridgehead atoms. The summed E-state index contributed by atoms with van der Waals surface area (Å²) in [5.74, 6) is -0.634. The molecule has 1 heterocycles. The molecule has 0 atom stereocenters. The van der Waals surface area contributed by atoms with Gasteiger partial charge in [0.05, 0.1) is 0 Å². The Balaban J connectivity index is 2.66. The van der Waals surface area contributed by atoms with E-state index >= 15 is 0 Å². The van der Waals surface area contributed by atoms with Gasteiger partial charge in [-0.2, -0.15) is 0 Å². The average molecular weight is 122 g/mol. The van der Waals surface area contributed by atoms with E-state index in [1.807, 2.05) is 0 Å². The Morgan fingerprint density at radius 3 is 2.00 bits per heavy atom. The highest BCUT2D eigenvalue weighted by molar-refractivity contribution is 7.30. The molecule has 9 heavy (non-hydrogen) atoms. The maximum absolute atomic E-state index is 10.6. The molecule has 44 valence electrons. The third-order valence-corrected chi connectivity index (χ3v) is 1.03. The maximum atomic E-state index is 10.6. The molecule has 1 aliphatic heterocycles. The number of nitrogens with zero attached hydrogens (tertiary/aromatic N) is 1. The smallest absolute Gasteiger partial charge is 0.203 e. The van der Waals surface area contributed by atoms with Gasteiger partial charge in [-0.25, -0.2) is 10.4 Å². The molecule has 2 radical (unpaired) electrons. The SMILES string of the molecule is CNN1C(=O)[B][B]C1=O.